The molecular weight excluding hydrogens is 352 g/mol. The van der Waals surface area contributed by atoms with Crippen molar-refractivity contribution in [2.45, 2.75) is 52.1 Å². The van der Waals surface area contributed by atoms with Crippen LogP contribution >= 0.6 is 22.9 Å². The van der Waals surface area contributed by atoms with Gasteiger partial charge in [0.2, 0.25) is 11.0 Å². The van der Waals surface area contributed by atoms with Crippen molar-refractivity contribution in [3.05, 3.63) is 28.2 Å². The Morgan fingerprint density at radius 3 is 2.84 bits per heavy atom. The van der Waals surface area contributed by atoms with Crippen LogP contribution < -0.4 is 4.90 Å². The second-order valence-electron chi connectivity index (χ2n) is 7.19. The van der Waals surface area contributed by atoms with Gasteiger partial charge in [-0.05, 0) is 47.1 Å². The summed E-state index contributed by atoms with van der Waals surface area (Å²) in [5.74, 6) is 1.15. The summed E-state index contributed by atoms with van der Waals surface area (Å²) in [4.78, 5) is 21.3. The van der Waals surface area contributed by atoms with Gasteiger partial charge in [0.1, 0.15) is 5.82 Å². The Balaban J connectivity index is 1.39. The number of rotatable bonds is 5. The number of carbonyl (C=O) groups is 1. The summed E-state index contributed by atoms with van der Waals surface area (Å²) in [6.45, 7) is 6.61. The number of piperidine rings is 1. The summed E-state index contributed by atoms with van der Waals surface area (Å²) in [6, 6.07) is 2.53. The molecule has 1 atom stereocenters. The molecule has 3 heterocycles. The second-order valence-corrected chi connectivity index (χ2v) is 8.70. The number of amides is 1. The number of hydrogen-bond donors (Lipinski definition) is 0. The largest absolute Gasteiger partial charge is 0.347 e. The normalized spacial score (nSPS) is 21.5. The Kier molecular flexibility index (Phi) is 4.54. The van der Waals surface area contributed by atoms with E-state index in [9.17, 15) is 4.79 Å². The van der Waals surface area contributed by atoms with Gasteiger partial charge in [0.05, 0.1) is 0 Å². The molecule has 0 N–H and O–H groups in total. The van der Waals surface area contributed by atoms with Crippen molar-refractivity contribution in [1.82, 2.24) is 14.3 Å². The number of nitrogens with zero attached hydrogens (tertiary/aromatic N) is 4. The maximum Gasteiger partial charge on any atom is 0.220 e. The predicted molar refractivity (Wildman–Crippen MR) is 102 cm³/mol. The number of thiophene rings is 1. The van der Waals surface area contributed by atoms with E-state index in [2.05, 4.69) is 42.9 Å². The molecule has 5 nitrogen and oxygen atoms in total. The molecule has 7 heteroatoms. The molecule has 1 saturated carbocycles. The van der Waals surface area contributed by atoms with Gasteiger partial charge in [-0.2, -0.15) is 15.7 Å². The third-order valence-corrected chi connectivity index (χ3v) is 7.21. The first-order chi connectivity index (χ1) is 12.1. The maximum absolute atomic E-state index is 12.2. The third-order valence-electron chi connectivity index (χ3n) is 5.66. The second kappa shape index (κ2) is 6.68. The molecule has 4 rings (SSSR count). The highest BCUT2D eigenvalue weighted by atomic mass is 32.1. The molecule has 134 valence electrons. The minimum atomic E-state index is 0.201. The molecule has 1 aliphatic heterocycles. The van der Waals surface area contributed by atoms with Crippen molar-refractivity contribution in [2.24, 2.45) is 5.41 Å². The monoisotopic (exact) mass is 376 g/mol. The highest BCUT2D eigenvalue weighted by molar-refractivity contribution is 7.09. The van der Waals surface area contributed by atoms with Crippen LogP contribution in [0.2, 0.25) is 0 Å². The van der Waals surface area contributed by atoms with Gasteiger partial charge in [-0.1, -0.05) is 6.92 Å². The Morgan fingerprint density at radius 2 is 2.24 bits per heavy atom. The first kappa shape index (κ1) is 17.0. The summed E-state index contributed by atoms with van der Waals surface area (Å²) < 4.78 is 4.41. The average Bonchev–Trinajstić information content (AvgIpc) is 3.04. The van der Waals surface area contributed by atoms with Crippen molar-refractivity contribution in [3.8, 4) is 0 Å². The summed E-state index contributed by atoms with van der Waals surface area (Å²) in [5.41, 5.74) is 1.58. The van der Waals surface area contributed by atoms with Crippen molar-refractivity contribution in [2.75, 3.05) is 18.0 Å². The molecule has 2 aromatic rings. The van der Waals surface area contributed by atoms with Gasteiger partial charge in [-0.25, -0.2) is 4.98 Å². The average molecular weight is 377 g/mol. The smallest absolute Gasteiger partial charge is 0.220 e. The molecule has 0 radical (unpaired) electrons. The highest BCUT2D eigenvalue weighted by Crippen LogP contribution is 2.57. The van der Waals surface area contributed by atoms with Gasteiger partial charge >= 0.3 is 0 Å². The molecule has 2 aromatic heterocycles. The van der Waals surface area contributed by atoms with Crippen LogP contribution in [0.4, 0.5) is 5.13 Å². The molecule has 0 aromatic carbocycles. The standard InChI is InChI=1S/C18H24N4OS2/c1-3-16-19-17(25-20-16)21-7-5-18(6-8-21)10-15(18)22(13(2)23)11-14-4-9-24-12-14/h4,9,12,15H,3,5-8,10-11H2,1-2H3. The molecule has 2 fully saturated rings. The summed E-state index contributed by atoms with van der Waals surface area (Å²) in [5, 5.41) is 5.29. The lowest BCUT2D eigenvalue weighted by atomic mass is 9.92. The van der Waals surface area contributed by atoms with E-state index in [1.807, 2.05) is 0 Å². The summed E-state index contributed by atoms with van der Waals surface area (Å²) in [6.07, 6.45) is 4.34. The van der Waals surface area contributed by atoms with Crippen LogP contribution in [-0.2, 0) is 17.8 Å². The Bertz CT molecular complexity index is 734. The number of hydrogen-bond acceptors (Lipinski definition) is 6. The van der Waals surface area contributed by atoms with E-state index >= 15 is 0 Å². The Labute approximate surface area is 156 Å². The van der Waals surface area contributed by atoms with E-state index in [1.165, 1.54) is 17.1 Å². The van der Waals surface area contributed by atoms with Crippen LogP contribution in [0.5, 0.6) is 0 Å². The van der Waals surface area contributed by atoms with Crippen molar-refractivity contribution in [3.63, 3.8) is 0 Å². The fourth-order valence-corrected chi connectivity index (χ4v) is 5.45. The number of carbonyl (C=O) groups excluding carboxylic acids is 1. The zero-order valence-electron chi connectivity index (χ0n) is 14.8. The van der Waals surface area contributed by atoms with Crippen molar-refractivity contribution >= 4 is 33.9 Å². The topological polar surface area (TPSA) is 49.3 Å². The first-order valence-electron chi connectivity index (χ1n) is 8.97. The number of aryl methyl sites for hydroxylation is 1. The van der Waals surface area contributed by atoms with E-state index in [4.69, 9.17) is 0 Å². The first-order valence-corrected chi connectivity index (χ1v) is 10.7. The fourth-order valence-electron chi connectivity index (χ4n) is 3.98. The highest BCUT2D eigenvalue weighted by Gasteiger charge is 2.58. The molecule has 1 spiro atoms. The maximum atomic E-state index is 12.2. The van der Waals surface area contributed by atoms with Crippen LogP contribution in [0.1, 0.15) is 44.5 Å². The van der Waals surface area contributed by atoms with Crippen molar-refractivity contribution < 1.29 is 4.79 Å². The molecule has 1 unspecified atom stereocenters. The zero-order chi connectivity index (χ0) is 17.4. The lowest BCUT2D eigenvalue weighted by Gasteiger charge is -2.34. The zero-order valence-corrected chi connectivity index (χ0v) is 16.4. The van der Waals surface area contributed by atoms with E-state index in [-0.39, 0.29) is 5.91 Å². The summed E-state index contributed by atoms with van der Waals surface area (Å²) >= 11 is 3.22. The van der Waals surface area contributed by atoms with Gasteiger partial charge in [0.15, 0.2) is 0 Å². The van der Waals surface area contributed by atoms with Gasteiger partial charge in [0.25, 0.3) is 0 Å². The Hall–Kier alpha value is -1.47. The van der Waals surface area contributed by atoms with Gasteiger partial charge in [-0.15, -0.1) is 0 Å². The van der Waals surface area contributed by atoms with E-state index in [0.717, 1.165) is 56.3 Å². The predicted octanol–water partition coefficient (Wildman–Crippen LogP) is 3.57. The third kappa shape index (κ3) is 3.31. The molecule has 1 aliphatic carbocycles. The fraction of sp³-hybridized carbons (Fsp3) is 0.611. The van der Waals surface area contributed by atoms with Gasteiger partial charge in [-0.3, -0.25) is 4.79 Å². The molecule has 1 saturated heterocycles. The van der Waals surface area contributed by atoms with Crippen molar-refractivity contribution in [1.29, 1.82) is 0 Å². The molecule has 2 aliphatic rings. The van der Waals surface area contributed by atoms with Crippen LogP contribution in [0.3, 0.4) is 0 Å². The quantitative estimate of drug-likeness (QED) is 0.800. The molecule has 0 bridgehead atoms. The Morgan fingerprint density at radius 1 is 1.44 bits per heavy atom. The molecule has 25 heavy (non-hydrogen) atoms. The SMILES string of the molecule is CCc1nsc(N2CCC3(CC2)CC3N(Cc2ccsc2)C(C)=O)n1. The van der Waals surface area contributed by atoms with E-state index in [1.54, 1.807) is 18.3 Å². The van der Waals surface area contributed by atoms with Crippen LogP contribution in [0.15, 0.2) is 16.8 Å². The molecule has 1 amide bonds. The van der Waals surface area contributed by atoms with Gasteiger partial charge < -0.3 is 9.80 Å². The number of anilines is 1. The number of aromatic nitrogens is 2. The summed E-state index contributed by atoms with van der Waals surface area (Å²) in [7, 11) is 0. The minimum Gasteiger partial charge on any atom is -0.347 e. The minimum absolute atomic E-state index is 0.201. The lowest BCUT2D eigenvalue weighted by Crippen LogP contribution is -2.40. The van der Waals surface area contributed by atoms with Crippen LogP contribution in [0.25, 0.3) is 0 Å². The van der Waals surface area contributed by atoms with Crippen LogP contribution in [0, 0.1) is 5.41 Å². The van der Waals surface area contributed by atoms with Crippen LogP contribution in [-0.4, -0.2) is 39.3 Å². The van der Waals surface area contributed by atoms with E-state index in [0.29, 0.717) is 11.5 Å². The van der Waals surface area contributed by atoms with Gasteiger partial charge in [0, 0.05) is 50.6 Å². The molecular formula is C18H24N4OS2. The lowest BCUT2D eigenvalue weighted by molar-refractivity contribution is -0.130. The van der Waals surface area contributed by atoms with E-state index < -0.39 is 0 Å².